The highest BCUT2D eigenvalue weighted by Crippen LogP contribution is 2.35. The zero-order valence-electron chi connectivity index (χ0n) is 13.6. The average Bonchev–Trinajstić information content (AvgIpc) is 2.57. The lowest BCUT2D eigenvalue weighted by Crippen LogP contribution is -2.49. The van der Waals surface area contributed by atoms with E-state index < -0.39 is 0 Å². The largest absolute Gasteiger partial charge is 0.325 e. The first kappa shape index (κ1) is 16.0. The molecule has 1 N–H and O–H groups in total. The predicted octanol–water partition coefficient (Wildman–Crippen LogP) is 3.35. The smallest absolute Gasteiger partial charge is 0.238 e. The number of nitriles is 1. The summed E-state index contributed by atoms with van der Waals surface area (Å²) < 4.78 is 0. The van der Waals surface area contributed by atoms with Gasteiger partial charge < -0.3 is 5.32 Å². The van der Waals surface area contributed by atoms with E-state index in [1.165, 1.54) is 38.5 Å². The highest BCUT2D eigenvalue weighted by molar-refractivity contribution is 5.92. The van der Waals surface area contributed by atoms with Gasteiger partial charge in [0.1, 0.15) is 0 Å². The van der Waals surface area contributed by atoms with Crippen LogP contribution in [0.5, 0.6) is 0 Å². The number of fused-ring (bicyclic) bond motifs is 1. The van der Waals surface area contributed by atoms with Crippen molar-refractivity contribution in [3.8, 4) is 6.07 Å². The van der Waals surface area contributed by atoms with Crippen molar-refractivity contribution in [1.82, 2.24) is 4.90 Å². The van der Waals surface area contributed by atoms with E-state index in [-0.39, 0.29) is 5.91 Å². The Balaban J connectivity index is 1.55. The lowest BCUT2D eigenvalue weighted by Gasteiger charge is -2.43. The van der Waals surface area contributed by atoms with E-state index in [9.17, 15) is 4.79 Å². The molecule has 1 saturated heterocycles. The zero-order chi connectivity index (χ0) is 16.1. The minimum atomic E-state index is 0.0734. The molecule has 3 rings (SSSR count). The van der Waals surface area contributed by atoms with Gasteiger partial charge in [0.2, 0.25) is 5.91 Å². The molecule has 0 aromatic heterocycles. The second kappa shape index (κ2) is 7.61. The van der Waals surface area contributed by atoms with Gasteiger partial charge in [-0.25, -0.2) is 0 Å². The summed E-state index contributed by atoms with van der Waals surface area (Å²) in [5.74, 6) is 0.875. The van der Waals surface area contributed by atoms with Crippen molar-refractivity contribution in [2.24, 2.45) is 5.92 Å². The number of nitrogens with zero attached hydrogens (tertiary/aromatic N) is 2. The first-order valence-electron chi connectivity index (χ1n) is 8.76. The molecule has 23 heavy (non-hydrogen) atoms. The van der Waals surface area contributed by atoms with Crippen LogP contribution in [0.2, 0.25) is 0 Å². The number of carbonyl (C=O) groups is 1. The first-order chi connectivity index (χ1) is 11.3. The van der Waals surface area contributed by atoms with Crippen LogP contribution in [0.4, 0.5) is 5.69 Å². The fraction of sp³-hybridized carbons (Fsp3) is 0.579. The van der Waals surface area contributed by atoms with Crippen LogP contribution in [0.15, 0.2) is 24.3 Å². The molecule has 0 bridgehead atoms. The normalized spacial score (nSPS) is 24.5. The van der Waals surface area contributed by atoms with E-state index in [1.54, 1.807) is 0 Å². The summed E-state index contributed by atoms with van der Waals surface area (Å²) in [5, 5.41) is 11.7. The predicted molar refractivity (Wildman–Crippen MR) is 90.9 cm³/mol. The molecule has 1 aliphatic carbocycles. The Morgan fingerprint density at radius 2 is 1.91 bits per heavy atom. The fourth-order valence-electron chi connectivity index (χ4n) is 4.11. The summed E-state index contributed by atoms with van der Waals surface area (Å²) in [6.45, 7) is 1.55. The molecular weight excluding hydrogens is 286 g/mol. The van der Waals surface area contributed by atoms with Gasteiger partial charge in [0.25, 0.3) is 0 Å². The number of likely N-dealkylation sites (tertiary alicyclic amines) is 1. The zero-order valence-corrected chi connectivity index (χ0v) is 13.6. The van der Waals surface area contributed by atoms with E-state index in [4.69, 9.17) is 5.26 Å². The minimum absolute atomic E-state index is 0.0734. The van der Waals surface area contributed by atoms with Crippen molar-refractivity contribution in [2.45, 2.75) is 51.0 Å². The molecule has 0 spiro atoms. The minimum Gasteiger partial charge on any atom is -0.325 e. The van der Waals surface area contributed by atoms with Crippen LogP contribution < -0.4 is 5.32 Å². The molecular formula is C19H25N3O. The van der Waals surface area contributed by atoms with Gasteiger partial charge in [0.05, 0.1) is 19.0 Å². The van der Waals surface area contributed by atoms with Gasteiger partial charge in [-0.1, -0.05) is 25.0 Å². The molecule has 2 aliphatic rings. The molecule has 122 valence electrons. The Hall–Kier alpha value is -1.86. The van der Waals surface area contributed by atoms with Crippen molar-refractivity contribution in [3.05, 3.63) is 29.8 Å². The molecule has 0 unspecified atom stereocenters. The van der Waals surface area contributed by atoms with Crippen molar-refractivity contribution in [1.29, 1.82) is 5.26 Å². The Bertz CT molecular complexity index is 573. The molecule has 1 aromatic carbocycles. The van der Waals surface area contributed by atoms with E-state index in [1.807, 2.05) is 24.3 Å². The van der Waals surface area contributed by atoms with Crippen LogP contribution in [0.3, 0.4) is 0 Å². The standard InChI is InChI=1S/C19H25N3O/c20-12-11-15-7-9-17(10-8-15)21-19(23)14-22-13-3-5-16-4-1-2-6-18(16)22/h7-10,16,18H,1-6,11,13-14H2,(H,21,23)/t16-,18+/m1/s1. The molecule has 1 aliphatic heterocycles. The van der Waals surface area contributed by atoms with Gasteiger partial charge in [-0.15, -0.1) is 0 Å². The molecule has 1 saturated carbocycles. The highest BCUT2D eigenvalue weighted by Gasteiger charge is 2.33. The Labute approximate surface area is 138 Å². The summed E-state index contributed by atoms with van der Waals surface area (Å²) in [6, 6.07) is 10.3. The van der Waals surface area contributed by atoms with Gasteiger partial charge in [0.15, 0.2) is 0 Å². The SMILES string of the molecule is N#CCc1ccc(NC(=O)CN2CCC[C@H]3CCCC[C@@H]32)cc1. The molecule has 2 fully saturated rings. The van der Waals surface area contributed by atoms with Gasteiger partial charge in [-0.05, 0) is 55.8 Å². The van der Waals surface area contributed by atoms with Crippen LogP contribution in [0.25, 0.3) is 0 Å². The number of hydrogen-bond donors (Lipinski definition) is 1. The Morgan fingerprint density at radius 1 is 1.17 bits per heavy atom. The summed E-state index contributed by atoms with van der Waals surface area (Å²) in [5.41, 5.74) is 1.79. The summed E-state index contributed by atoms with van der Waals surface area (Å²) in [7, 11) is 0. The third-order valence-electron chi connectivity index (χ3n) is 5.23. The molecule has 4 nitrogen and oxygen atoms in total. The molecule has 4 heteroatoms. The second-order valence-electron chi connectivity index (χ2n) is 6.80. The first-order valence-corrected chi connectivity index (χ1v) is 8.76. The van der Waals surface area contributed by atoms with Crippen molar-refractivity contribution < 1.29 is 4.79 Å². The maximum Gasteiger partial charge on any atom is 0.238 e. The van der Waals surface area contributed by atoms with Crippen LogP contribution >= 0.6 is 0 Å². The number of amides is 1. The van der Waals surface area contributed by atoms with Gasteiger partial charge >= 0.3 is 0 Å². The number of piperidine rings is 1. The molecule has 1 aromatic rings. The van der Waals surface area contributed by atoms with Crippen molar-refractivity contribution >= 4 is 11.6 Å². The number of rotatable bonds is 4. The maximum atomic E-state index is 12.4. The van der Waals surface area contributed by atoms with Crippen LogP contribution in [0, 0.1) is 17.2 Å². The number of nitrogens with one attached hydrogen (secondary N) is 1. The summed E-state index contributed by atoms with van der Waals surface area (Å²) in [4.78, 5) is 14.8. The van der Waals surface area contributed by atoms with E-state index in [0.717, 1.165) is 23.7 Å². The molecule has 0 radical (unpaired) electrons. The Kier molecular flexibility index (Phi) is 5.30. The highest BCUT2D eigenvalue weighted by atomic mass is 16.2. The monoisotopic (exact) mass is 311 g/mol. The van der Waals surface area contributed by atoms with E-state index in [2.05, 4.69) is 16.3 Å². The van der Waals surface area contributed by atoms with Crippen LogP contribution in [0.1, 0.15) is 44.1 Å². The number of benzene rings is 1. The third kappa shape index (κ3) is 4.11. The van der Waals surface area contributed by atoms with E-state index in [0.29, 0.717) is 19.0 Å². The Morgan fingerprint density at radius 3 is 2.70 bits per heavy atom. The fourth-order valence-corrected chi connectivity index (χ4v) is 4.11. The molecule has 2 atom stereocenters. The van der Waals surface area contributed by atoms with E-state index >= 15 is 0 Å². The van der Waals surface area contributed by atoms with Crippen LogP contribution in [-0.2, 0) is 11.2 Å². The second-order valence-corrected chi connectivity index (χ2v) is 6.80. The topological polar surface area (TPSA) is 56.1 Å². The summed E-state index contributed by atoms with van der Waals surface area (Å²) in [6.07, 6.45) is 8.21. The lowest BCUT2D eigenvalue weighted by molar-refractivity contribution is -0.118. The molecule has 1 amide bonds. The third-order valence-corrected chi connectivity index (χ3v) is 5.23. The maximum absolute atomic E-state index is 12.4. The van der Waals surface area contributed by atoms with Crippen LogP contribution in [-0.4, -0.2) is 29.9 Å². The quantitative estimate of drug-likeness (QED) is 0.928. The lowest BCUT2D eigenvalue weighted by atomic mass is 9.78. The number of hydrogen-bond acceptors (Lipinski definition) is 3. The van der Waals surface area contributed by atoms with Crippen molar-refractivity contribution in [3.63, 3.8) is 0 Å². The average molecular weight is 311 g/mol. The number of anilines is 1. The van der Waals surface area contributed by atoms with Gasteiger partial charge in [0, 0.05) is 11.7 Å². The summed E-state index contributed by atoms with van der Waals surface area (Å²) >= 11 is 0. The van der Waals surface area contributed by atoms with Gasteiger partial charge in [-0.2, -0.15) is 5.26 Å². The van der Waals surface area contributed by atoms with Crippen molar-refractivity contribution in [2.75, 3.05) is 18.4 Å². The van der Waals surface area contributed by atoms with Gasteiger partial charge in [-0.3, -0.25) is 9.69 Å². The number of carbonyl (C=O) groups excluding carboxylic acids is 1. The molecule has 1 heterocycles.